The van der Waals surface area contributed by atoms with Gasteiger partial charge in [0.2, 0.25) is 5.89 Å². The number of methoxy groups -OCH3 is 1. The minimum Gasteiger partial charge on any atom is -0.377 e. The van der Waals surface area contributed by atoms with Gasteiger partial charge in [-0.05, 0) is 24.5 Å². The van der Waals surface area contributed by atoms with Crippen molar-refractivity contribution in [2.75, 3.05) is 7.11 Å². The maximum Gasteiger partial charge on any atom is 0.237 e. The minimum absolute atomic E-state index is 0.129. The lowest BCUT2D eigenvalue weighted by atomic mass is 9.65. The van der Waals surface area contributed by atoms with Gasteiger partial charge in [-0.25, -0.2) is 0 Å². The van der Waals surface area contributed by atoms with Crippen LogP contribution in [0.1, 0.15) is 29.8 Å². The number of fused-ring (bicyclic) bond motifs is 1. The lowest BCUT2D eigenvalue weighted by Gasteiger charge is -2.37. The third kappa shape index (κ3) is 1.48. The Morgan fingerprint density at radius 3 is 3.00 bits per heavy atom. The van der Waals surface area contributed by atoms with E-state index in [0.29, 0.717) is 18.3 Å². The Balaban J connectivity index is 1.95. The van der Waals surface area contributed by atoms with E-state index in [4.69, 9.17) is 9.26 Å². The number of hydrogen-bond acceptors (Lipinski definition) is 4. The summed E-state index contributed by atoms with van der Waals surface area (Å²) in [4.78, 5) is 4.39. The molecule has 0 radical (unpaired) electrons. The first-order valence-electron chi connectivity index (χ1n) is 5.64. The van der Waals surface area contributed by atoms with E-state index in [1.165, 1.54) is 11.1 Å². The zero-order chi connectivity index (χ0) is 11.9. The van der Waals surface area contributed by atoms with Crippen molar-refractivity contribution in [2.45, 2.75) is 25.4 Å². The molecule has 1 atom stereocenters. The molecule has 1 aliphatic rings. The number of aromatic nitrogens is 2. The van der Waals surface area contributed by atoms with E-state index in [0.717, 1.165) is 6.42 Å². The third-order valence-electron chi connectivity index (χ3n) is 3.37. The van der Waals surface area contributed by atoms with Gasteiger partial charge >= 0.3 is 0 Å². The molecule has 88 valence electrons. The molecule has 0 aliphatic heterocycles. The largest absolute Gasteiger partial charge is 0.377 e. The average molecular weight is 230 g/mol. The van der Waals surface area contributed by atoms with Gasteiger partial charge in [-0.1, -0.05) is 29.4 Å². The first-order valence-corrected chi connectivity index (χ1v) is 5.64. The van der Waals surface area contributed by atoms with Crippen LogP contribution in [0.15, 0.2) is 28.8 Å². The van der Waals surface area contributed by atoms with Gasteiger partial charge in [0.15, 0.2) is 5.82 Å². The Bertz CT molecular complexity index is 550. The van der Waals surface area contributed by atoms with E-state index < -0.39 is 0 Å². The Morgan fingerprint density at radius 2 is 2.24 bits per heavy atom. The summed E-state index contributed by atoms with van der Waals surface area (Å²) in [5, 5.41) is 3.92. The van der Waals surface area contributed by atoms with E-state index in [9.17, 15) is 0 Å². The number of nitrogens with zero attached hydrogens (tertiary/aromatic N) is 2. The van der Waals surface area contributed by atoms with Crippen molar-refractivity contribution in [3.05, 3.63) is 47.1 Å². The van der Waals surface area contributed by atoms with Gasteiger partial charge < -0.3 is 9.26 Å². The van der Waals surface area contributed by atoms with Crippen molar-refractivity contribution in [3.8, 4) is 0 Å². The van der Waals surface area contributed by atoms with Crippen LogP contribution in [0.3, 0.4) is 0 Å². The van der Waals surface area contributed by atoms with E-state index in [1.54, 1.807) is 7.11 Å². The fourth-order valence-corrected chi connectivity index (χ4v) is 2.44. The number of hydrogen-bond donors (Lipinski definition) is 0. The molecular formula is C13H14N2O2. The second-order valence-electron chi connectivity index (χ2n) is 4.61. The van der Waals surface area contributed by atoms with E-state index >= 15 is 0 Å². The molecular weight excluding hydrogens is 216 g/mol. The van der Waals surface area contributed by atoms with Crippen molar-refractivity contribution >= 4 is 0 Å². The lowest BCUT2D eigenvalue weighted by Crippen LogP contribution is -2.37. The molecule has 0 saturated carbocycles. The smallest absolute Gasteiger partial charge is 0.237 e. The number of benzene rings is 1. The van der Waals surface area contributed by atoms with E-state index in [1.807, 2.05) is 6.07 Å². The molecule has 0 spiro atoms. The molecule has 1 aliphatic carbocycles. The summed E-state index contributed by atoms with van der Waals surface area (Å²) >= 11 is 0. The van der Waals surface area contributed by atoms with Gasteiger partial charge in [0, 0.05) is 7.11 Å². The fourth-order valence-electron chi connectivity index (χ4n) is 2.44. The first-order chi connectivity index (χ1) is 8.24. The molecule has 1 unspecified atom stereocenters. The van der Waals surface area contributed by atoms with Gasteiger partial charge in [0.05, 0.1) is 5.41 Å². The van der Waals surface area contributed by atoms with Crippen molar-refractivity contribution in [1.29, 1.82) is 0 Å². The number of ether oxygens (including phenoxy) is 1. The molecule has 2 aromatic rings. The van der Waals surface area contributed by atoms with Crippen molar-refractivity contribution in [1.82, 2.24) is 10.1 Å². The molecule has 0 saturated heterocycles. The van der Waals surface area contributed by atoms with Crippen molar-refractivity contribution < 1.29 is 9.26 Å². The van der Waals surface area contributed by atoms with Crippen LogP contribution in [0, 0.1) is 0 Å². The minimum atomic E-state index is -0.129. The Hall–Kier alpha value is -1.68. The maximum absolute atomic E-state index is 5.34. The highest BCUT2D eigenvalue weighted by atomic mass is 16.5. The van der Waals surface area contributed by atoms with Gasteiger partial charge in [0.25, 0.3) is 0 Å². The highest BCUT2D eigenvalue weighted by molar-refractivity contribution is 5.48. The second-order valence-corrected chi connectivity index (χ2v) is 4.61. The SMILES string of the molecule is COCc1noc(C2(C)Cc3ccccc32)n1. The molecule has 17 heavy (non-hydrogen) atoms. The third-order valence-corrected chi connectivity index (χ3v) is 3.37. The second kappa shape index (κ2) is 3.67. The monoisotopic (exact) mass is 230 g/mol. The van der Waals surface area contributed by atoms with Gasteiger partial charge in [-0.15, -0.1) is 0 Å². The average Bonchev–Trinajstić information content (AvgIpc) is 2.77. The van der Waals surface area contributed by atoms with Gasteiger partial charge in [-0.2, -0.15) is 4.98 Å². The molecule has 0 bridgehead atoms. The predicted octanol–water partition coefficient (Wildman–Crippen LogP) is 2.08. The van der Waals surface area contributed by atoms with Crippen LogP contribution < -0.4 is 0 Å². The zero-order valence-corrected chi connectivity index (χ0v) is 9.93. The summed E-state index contributed by atoms with van der Waals surface area (Å²) in [5.41, 5.74) is 2.52. The highest BCUT2D eigenvalue weighted by Crippen LogP contribution is 2.44. The summed E-state index contributed by atoms with van der Waals surface area (Å²) < 4.78 is 10.3. The van der Waals surface area contributed by atoms with Crippen molar-refractivity contribution in [2.24, 2.45) is 0 Å². The standard InChI is InChI=1S/C13H14N2O2/c1-13(7-9-5-3-4-6-10(9)13)12-14-11(8-16-2)15-17-12/h3-6H,7-8H2,1-2H3. The molecule has 4 heteroatoms. The zero-order valence-electron chi connectivity index (χ0n) is 9.93. The summed E-state index contributed by atoms with van der Waals surface area (Å²) in [6.45, 7) is 2.53. The molecule has 1 aromatic heterocycles. The van der Waals surface area contributed by atoms with Gasteiger partial charge in [0.1, 0.15) is 6.61 Å². The topological polar surface area (TPSA) is 48.2 Å². The van der Waals surface area contributed by atoms with E-state index in [2.05, 4.69) is 35.3 Å². The van der Waals surface area contributed by atoms with Gasteiger partial charge in [-0.3, -0.25) is 0 Å². The predicted molar refractivity (Wildman–Crippen MR) is 61.6 cm³/mol. The van der Waals surface area contributed by atoms with E-state index in [-0.39, 0.29) is 5.41 Å². The first kappa shape index (κ1) is 10.5. The molecule has 0 fully saturated rings. The lowest BCUT2D eigenvalue weighted by molar-refractivity contribution is 0.174. The summed E-state index contributed by atoms with van der Waals surface area (Å²) in [5.74, 6) is 1.29. The number of rotatable bonds is 3. The van der Waals surface area contributed by atoms with Crippen LogP contribution in [0.25, 0.3) is 0 Å². The van der Waals surface area contributed by atoms with Crippen LogP contribution in [0.2, 0.25) is 0 Å². The Kier molecular flexibility index (Phi) is 2.26. The molecule has 3 rings (SSSR count). The molecule has 1 aromatic carbocycles. The molecule has 1 heterocycles. The summed E-state index contributed by atoms with van der Waals surface area (Å²) in [6.07, 6.45) is 0.956. The van der Waals surface area contributed by atoms with Crippen LogP contribution >= 0.6 is 0 Å². The Morgan fingerprint density at radius 1 is 1.41 bits per heavy atom. The maximum atomic E-state index is 5.34. The summed E-state index contributed by atoms with van der Waals surface area (Å²) in [6, 6.07) is 8.37. The normalized spacial score (nSPS) is 22.0. The molecule has 0 N–H and O–H groups in total. The van der Waals surface area contributed by atoms with Crippen LogP contribution in [-0.2, 0) is 23.2 Å². The fraction of sp³-hybridized carbons (Fsp3) is 0.385. The molecule has 0 amide bonds. The summed E-state index contributed by atoms with van der Waals surface area (Å²) in [7, 11) is 1.62. The van der Waals surface area contributed by atoms with Crippen molar-refractivity contribution in [3.63, 3.8) is 0 Å². The quantitative estimate of drug-likeness (QED) is 0.810. The van der Waals surface area contributed by atoms with Crippen LogP contribution in [0.5, 0.6) is 0 Å². The Labute approximate surface area is 99.6 Å². The highest BCUT2D eigenvalue weighted by Gasteiger charge is 2.44. The van der Waals surface area contributed by atoms with Crippen LogP contribution in [-0.4, -0.2) is 17.3 Å². The molecule has 4 nitrogen and oxygen atoms in total. The van der Waals surface area contributed by atoms with Crippen LogP contribution in [0.4, 0.5) is 0 Å².